The van der Waals surface area contributed by atoms with E-state index in [4.69, 9.17) is 44.6 Å². The van der Waals surface area contributed by atoms with E-state index in [1.165, 1.54) is 23.1 Å². The first-order chi connectivity index (χ1) is 13.2. The Balaban J connectivity index is 2.00. The van der Waals surface area contributed by atoms with Crippen LogP contribution in [-0.4, -0.2) is 51.4 Å². The third-order valence-electron chi connectivity index (χ3n) is 3.30. The van der Waals surface area contributed by atoms with Gasteiger partial charge < -0.3 is 9.84 Å². The molecule has 12 heteroatoms. The number of hydrazone groups is 1. The Kier molecular flexibility index (Phi) is 7.99. The summed E-state index contributed by atoms with van der Waals surface area (Å²) in [6, 6.07) is 2.76. The Morgan fingerprint density at radius 3 is 2.64 bits per heavy atom. The number of hydrogen-bond acceptors (Lipinski definition) is 6. The molecule has 2 rings (SSSR count). The summed E-state index contributed by atoms with van der Waals surface area (Å²) in [5.41, 5.74) is 2.25. The first kappa shape index (κ1) is 22.4. The monoisotopic (exact) mass is 465 g/mol. The van der Waals surface area contributed by atoms with E-state index < -0.39 is 29.6 Å². The molecule has 2 amide bonds. The van der Waals surface area contributed by atoms with E-state index in [0.717, 1.165) is 11.8 Å². The highest BCUT2D eigenvalue weighted by atomic mass is 35.5. The fourth-order valence-electron chi connectivity index (χ4n) is 2.08. The maximum Gasteiger partial charge on any atom is 0.305 e. The zero-order valence-corrected chi connectivity index (χ0v) is 17.2. The van der Waals surface area contributed by atoms with Crippen LogP contribution in [0.2, 0.25) is 15.1 Å². The lowest BCUT2D eigenvalue weighted by Crippen LogP contribution is -2.34. The zero-order chi connectivity index (χ0) is 20.8. The van der Waals surface area contributed by atoms with Gasteiger partial charge in [-0.05, 0) is 6.07 Å². The second kappa shape index (κ2) is 10.0. The molecule has 150 valence electrons. The highest BCUT2D eigenvalue weighted by Crippen LogP contribution is 2.33. The number of amidine groups is 1. The van der Waals surface area contributed by atoms with Gasteiger partial charge in [-0.1, -0.05) is 52.6 Å². The molecule has 0 aromatic heterocycles. The van der Waals surface area contributed by atoms with E-state index in [9.17, 15) is 14.4 Å². The number of amides is 2. The summed E-state index contributed by atoms with van der Waals surface area (Å²) in [5, 5.41) is 12.8. The fraction of sp³-hybridized carbons (Fsp3) is 0.250. The molecule has 1 fully saturated rings. The topological polar surface area (TPSA) is 108 Å². The van der Waals surface area contributed by atoms with Crippen molar-refractivity contribution >= 4 is 69.5 Å². The number of carbonyl (C=O) groups excluding carboxylic acids is 2. The van der Waals surface area contributed by atoms with Gasteiger partial charge in [-0.25, -0.2) is 5.43 Å². The fourth-order valence-corrected chi connectivity index (χ4v) is 3.77. The van der Waals surface area contributed by atoms with Crippen molar-refractivity contribution in [2.24, 2.45) is 5.10 Å². The van der Waals surface area contributed by atoms with Gasteiger partial charge in [-0.2, -0.15) is 0 Å². The number of rotatable bonds is 8. The van der Waals surface area contributed by atoms with E-state index in [2.05, 4.69) is 17.1 Å². The van der Waals surface area contributed by atoms with E-state index in [1.807, 2.05) is 0 Å². The van der Waals surface area contributed by atoms with Crippen molar-refractivity contribution < 1.29 is 24.2 Å². The minimum absolute atomic E-state index is 0.131. The van der Waals surface area contributed by atoms with E-state index in [-0.39, 0.29) is 39.0 Å². The highest BCUT2D eigenvalue weighted by Gasteiger charge is 2.38. The molecule has 0 radical (unpaired) electrons. The first-order valence-electron chi connectivity index (χ1n) is 7.67. The van der Waals surface area contributed by atoms with Crippen molar-refractivity contribution in [3.63, 3.8) is 0 Å². The second-order valence-corrected chi connectivity index (χ2v) is 7.75. The Labute approximate surface area is 179 Å². The molecule has 0 saturated carbocycles. The number of carboxylic acids is 1. The van der Waals surface area contributed by atoms with Gasteiger partial charge in [0.1, 0.15) is 11.0 Å². The van der Waals surface area contributed by atoms with Gasteiger partial charge in [-0.15, -0.1) is 11.7 Å². The molecule has 1 unspecified atom stereocenters. The molecule has 8 nitrogen and oxygen atoms in total. The molecule has 1 saturated heterocycles. The Bertz CT molecular complexity index is 849. The van der Waals surface area contributed by atoms with Crippen LogP contribution in [0.25, 0.3) is 0 Å². The average Bonchev–Trinajstić information content (AvgIpc) is 2.90. The third-order valence-corrected chi connectivity index (χ3v) is 5.49. The minimum atomic E-state index is -1.11. The van der Waals surface area contributed by atoms with Gasteiger partial charge in [0.25, 0.3) is 5.91 Å². The maximum absolute atomic E-state index is 12.2. The normalized spacial score (nSPS) is 17.7. The van der Waals surface area contributed by atoms with Crippen LogP contribution in [0.1, 0.15) is 6.42 Å². The molecule has 0 spiro atoms. The van der Waals surface area contributed by atoms with Crippen LogP contribution in [-0.2, 0) is 14.4 Å². The molecule has 1 atom stereocenters. The number of nitrogens with zero attached hydrogens (tertiary/aromatic N) is 2. The minimum Gasteiger partial charge on any atom is -0.482 e. The average molecular weight is 467 g/mol. The lowest BCUT2D eigenvalue weighted by atomic mass is 10.3. The molecule has 0 aliphatic carbocycles. The number of benzene rings is 1. The summed E-state index contributed by atoms with van der Waals surface area (Å²) >= 11 is 18.6. The molecule has 0 bridgehead atoms. The number of carboxylic acid groups (broad SMARTS) is 1. The van der Waals surface area contributed by atoms with E-state index in [1.54, 1.807) is 0 Å². The molecule has 1 heterocycles. The summed E-state index contributed by atoms with van der Waals surface area (Å²) in [7, 11) is 0. The van der Waals surface area contributed by atoms with Crippen molar-refractivity contribution in [3.8, 4) is 5.75 Å². The van der Waals surface area contributed by atoms with Crippen LogP contribution in [0.3, 0.4) is 0 Å². The molecular formula is C16H14Cl3N3O5S. The van der Waals surface area contributed by atoms with Gasteiger partial charge in [0.05, 0.1) is 21.5 Å². The zero-order valence-electron chi connectivity index (χ0n) is 14.2. The summed E-state index contributed by atoms with van der Waals surface area (Å²) in [5.74, 6) is -1.98. The predicted molar refractivity (Wildman–Crippen MR) is 108 cm³/mol. The highest BCUT2D eigenvalue weighted by molar-refractivity contribution is 8.15. The third kappa shape index (κ3) is 5.78. The molecule has 1 aromatic rings. The van der Waals surface area contributed by atoms with Crippen LogP contribution in [0.5, 0.6) is 5.75 Å². The van der Waals surface area contributed by atoms with E-state index >= 15 is 0 Å². The van der Waals surface area contributed by atoms with Crippen molar-refractivity contribution in [2.75, 3.05) is 13.2 Å². The van der Waals surface area contributed by atoms with Gasteiger partial charge >= 0.3 is 5.97 Å². The number of hydrogen-bond donors (Lipinski definition) is 2. The first-order valence-corrected chi connectivity index (χ1v) is 9.68. The van der Waals surface area contributed by atoms with Gasteiger partial charge in [-0.3, -0.25) is 19.3 Å². The number of carbonyl (C=O) groups is 3. The Hall–Kier alpha value is -1.94. The smallest absolute Gasteiger partial charge is 0.305 e. The summed E-state index contributed by atoms with van der Waals surface area (Å²) in [6.07, 6.45) is 1.11. The second-order valence-electron chi connectivity index (χ2n) is 5.36. The molecule has 1 aromatic carbocycles. The number of aliphatic carboxylic acids is 1. The van der Waals surface area contributed by atoms with Crippen LogP contribution < -0.4 is 10.2 Å². The SMILES string of the molecule is C=CCN1C(=O)C(CC(=O)O)SC1=NNC(=O)COc1cc(Cl)c(Cl)cc1Cl. The van der Waals surface area contributed by atoms with Crippen molar-refractivity contribution in [2.45, 2.75) is 11.7 Å². The van der Waals surface area contributed by atoms with Crippen molar-refractivity contribution in [3.05, 3.63) is 39.9 Å². The van der Waals surface area contributed by atoms with Crippen LogP contribution in [0, 0.1) is 0 Å². The van der Waals surface area contributed by atoms with Crippen LogP contribution >= 0.6 is 46.6 Å². The molecular weight excluding hydrogens is 453 g/mol. The number of nitrogens with one attached hydrogen (secondary N) is 1. The number of ether oxygens (including phenoxy) is 1. The predicted octanol–water partition coefficient (Wildman–Crippen LogP) is 3.02. The number of thioether (sulfide) groups is 1. The lowest BCUT2D eigenvalue weighted by molar-refractivity contribution is -0.139. The summed E-state index contributed by atoms with van der Waals surface area (Å²) < 4.78 is 5.28. The van der Waals surface area contributed by atoms with Gasteiger partial charge in [0, 0.05) is 12.6 Å². The van der Waals surface area contributed by atoms with Gasteiger partial charge in [0.2, 0.25) is 5.91 Å². The van der Waals surface area contributed by atoms with E-state index in [0.29, 0.717) is 0 Å². The number of halogens is 3. The van der Waals surface area contributed by atoms with Crippen molar-refractivity contribution in [1.82, 2.24) is 10.3 Å². The summed E-state index contributed by atoms with van der Waals surface area (Å²) in [6.45, 7) is 3.25. The molecule has 1 aliphatic heterocycles. The van der Waals surface area contributed by atoms with Crippen LogP contribution in [0.4, 0.5) is 0 Å². The largest absolute Gasteiger partial charge is 0.482 e. The summed E-state index contributed by atoms with van der Waals surface area (Å²) in [4.78, 5) is 36.3. The Morgan fingerprint density at radius 2 is 2.00 bits per heavy atom. The molecule has 1 aliphatic rings. The molecule has 2 N–H and O–H groups in total. The maximum atomic E-state index is 12.2. The van der Waals surface area contributed by atoms with Crippen LogP contribution in [0.15, 0.2) is 29.9 Å². The van der Waals surface area contributed by atoms with Gasteiger partial charge in [0.15, 0.2) is 11.8 Å². The molecule has 28 heavy (non-hydrogen) atoms. The lowest BCUT2D eigenvalue weighted by Gasteiger charge is -2.13. The Morgan fingerprint density at radius 1 is 1.32 bits per heavy atom. The van der Waals surface area contributed by atoms with Crippen molar-refractivity contribution in [1.29, 1.82) is 0 Å². The quantitative estimate of drug-likeness (QED) is 0.346. The standard InChI is InChI=1S/C16H14Cl3N3O5S/c1-2-3-22-15(26)12(6-14(24)25)28-16(22)21-20-13(23)7-27-11-5-9(18)8(17)4-10(11)19/h2,4-5,12H,1,3,6-7H2,(H,20,23)(H,24,25).